The topological polar surface area (TPSA) is 151 Å². The van der Waals surface area contributed by atoms with Gasteiger partial charge in [0.1, 0.15) is 6.10 Å². The maximum absolute atomic E-state index is 12.2. The maximum atomic E-state index is 12.2. The molecule has 6 N–H and O–H groups in total. The van der Waals surface area contributed by atoms with Crippen LogP contribution in [0.15, 0.2) is 6.33 Å². The van der Waals surface area contributed by atoms with Gasteiger partial charge in [0.2, 0.25) is 11.9 Å². The van der Waals surface area contributed by atoms with Crippen molar-refractivity contribution in [1.82, 2.24) is 24.8 Å². The van der Waals surface area contributed by atoms with Crippen molar-refractivity contribution in [2.75, 3.05) is 24.6 Å². The van der Waals surface area contributed by atoms with Crippen LogP contribution in [-0.4, -0.2) is 61.4 Å². The van der Waals surface area contributed by atoms with Crippen molar-refractivity contribution >= 4 is 28.8 Å². The van der Waals surface area contributed by atoms with E-state index in [2.05, 4.69) is 25.6 Å². The average molecular weight is 347 g/mol. The van der Waals surface area contributed by atoms with Gasteiger partial charge in [-0.2, -0.15) is 9.97 Å². The molecule has 2 aromatic heterocycles. The summed E-state index contributed by atoms with van der Waals surface area (Å²) in [4.78, 5) is 25.0. The summed E-state index contributed by atoms with van der Waals surface area (Å²) < 4.78 is 1.70. The lowest BCUT2D eigenvalue weighted by atomic mass is 9.98. The highest BCUT2D eigenvalue weighted by atomic mass is 16.3. The van der Waals surface area contributed by atoms with E-state index in [-0.39, 0.29) is 17.8 Å². The molecule has 2 aliphatic carbocycles. The number of anilines is 2. The maximum Gasteiger partial charge on any atom is 0.229 e. The Hall–Kier alpha value is -2.46. The molecule has 134 valence electrons. The first-order valence-electron chi connectivity index (χ1n) is 8.28. The molecule has 0 aromatic carbocycles. The Balaban J connectivity index is 1.80. The Labute approximate surface area is 143 Å². The minimum Gasteiger partial charge on any atom is -0.389 e. The van der Waals surface area contributed by atoms with Gasteiger partial charge in [-0.25, -0.2) is 4.98 Å². The van der Waals surface area contributed by atoms with Crippen LogP contribution < -0.4 is 16.4 Å². The first kappa shape index (κ1) is 16.0. The first-order valence-corrected chi connectivity index (χ1v) is 8.28. The Kier molecular flexibility index (Phi) is 3.38. The fraction of sp³-hybridized carbons (Fsp3) is 0.600. The molecule has 0 radical (unpaired) electrons. The average Bonchev–Trinajstić information content (AvgIpc) is 3.13. The van der Waals surface area contributed by atoms with Gasteiger partial charge in [0.05, 0.1) is 23.9 Å². The standard InChI is InChI=1S/C15H21N7O3/c1-3-18-11-7-12(21-14(16)20-11)22(5-19-7)8-6-4-15(6,13(25)17-2)10(24)9(8)23/h5-6,8-10,23-24H,3-4H2,1-2H3,(H,17,25)(H3,16,18,20,21)/t6-,8-,9+,10+,15+/m1/s1. The van der Waals surface area contributed by atoms with Crippen molar-refractivity contribution in [3.8, 4) is 0 Å². The van der Waals surface area contributed by atoms with Gasteiger partial charge >= 0.3 is 0 Å². The van der Waals surface area contributed by atoms with Gasteiger partial charge in [0, 0.05) is 19.5 Å². The van der Waals surface area contributed by atoms with Crippen LogP contribution in [0.3, 0.4) is 0 Å². The Morgan fingerprint density at radius 1 is 1.48 bits per heavy atom. The molecule has 1 amide bonds. The highest BCUT2D eigenvalue weighted by molar-refractivity contribution is 5.88. The SMILES string of the molecule is CCNc1nc(N)nc2c1ncn2[C@H]1[C@H](O)[C@H](O)[C@]2(C(=O)NC)C[C@H]12. The highest BCUT2D eigenvalue weighted by Gasteiger charge is 2.75. The first-order chi connectivity index (χ1) is 12.0. The van der Waals surface area contributed by atoms with E-state index in [0.717, 1.165) is 0 Å². The summed E-state index contributed by atoms with van der Waals surface area (Å²) >= 11 is 0. The Morgan fingerprint density at radius 3 is 2.92 bits per heavy atom. The van der Waals surface area contributed by atoms with Gasteiger partial charge in [-0.15, -0.1) is 0 Å². The number of amides is 1. The number of carbonyl (C=O) groups is 1. The van der Waals surface area contributed by atoms with E-state index in [1.165, 1.54) is 7.05 Å². The van der Waals surface area contributed by atoms with Crippen molar-refractivity contribution in [1.29, 1.82) is 0 Å². The monoisotopic (exact) mass is 347 g/mol. The molecule has 2 fully saturated rings. The zero-order chi connectivity index (χ0) is 17.9. The lowest BCUT2D eigenvalue weighted by molar-refractivity contribution is -0.132. The molecule has 0 aliphatic heterocycles. The summed E-state index contributed by atoms with van der Waals surface area (Å²) in [6, 6.07) is -0.499. The summed E-state index contributed by atoms with van der Waals surface area (Å²) in [5.41, 5.74) is 5.87. The van der Waals surface area contributed by atoms with E-state index < -0.39 is 23.7 Å². The van der Waals surface area contributed by atoms with E-state index in [9.17, 15) is 15.0 Å². The summed E-state index contributed by atoms with van der Waals surface area (Å²) in [5, 5.41) is 26.7. The lowest BCUT2D eigenvalue weighted by Crippen LogP contribution is -2.41. The van der Waals surface area contributed by atoms with Gasteiger partial charge < -0.3 is 31.1 Å². The number of nitrogens with zero attached hydrogens (tertiary/aromatic N) is 4. The van der Waals surface area contributed by atoms with Gasteiger partial charge in [-0.1, -0.05) is 0 Å². The van der Waals surface area contributed by atoms with E-state index in [0.29, 0.717) is 29.9 Å². The zero-order valence-corrected chi connectivity index (χ0v) is 14.0. The molecule has 2 aromatic rings. The smallest absolute Gasteiger partial charge is 0.229 e. The number of fused-ring (bicyclic) bond motifs is 2. The number of carbonyl (C=O) groups excluding carboxylic acids is 1. The van der Waals surface area contributed by atoms with Crippen LogP contribution in [0, 0.1) is 11.3 Å². The number of nitrogen functional groups attached to an aromatic ring is 1. The van der Waals surface area contributed by atoms with E-state index in [4.69, 9.17) is 5.73 Å². The van der Waals surface area contributed by atoms with E-state index in [1.807, 2.05) is 6.92 Å². The molecule has 4 rings (SSSR count). The molecule has 0 bridgehead atoms. The second-order valence-corrected chi connectivity index (χ2v) is 6.64. The van der Waals surface area contributed by atoms with E-state index in [1.54, 1.807) is 10.9 Å². The third kappa shape index (κ3) is 1.97. The molecule has 10 nitrogen and oxygen atoms in total. The molecule has 0 unspecified atom stereocenters. The minimum absolute atomic E-state index is 0.0894. The minimum atomic E-state index is -1.13. The summed E-state index contributed by atoms with van der Waals surface area (Å²) in [7, 11) is 1.53. The number of aliphatic hydroxyl groups excluding tert-OH is 2. The third-order valence-electron chi connectivity index (χ3n) is 5.43. The van der Waals surface area contributed by atoms with Crippen LogP contribution in [0.1, 0.15) is 19.4 Å². The predicted molar refractivity (Wildman–Crippen MR) is 89.6 cm³/mol. The summed E-state index contributed by atoms with van der Waals surface area (Å²) in [5.74, 6) is 0.170. The van der Waals surface area contributed by atoms with Crippen molar-refractivity contribution in [2.24, 2.45) is 11.3 Å². The molecule has 0 spiro atoms. The van der Waals surface area contributed by atoms with Crippen LogP contribution in [0.4, 0.5) is 11.8 Å². The number of nitrogens with one attached hydrogen (secondary N) is 2. The summed E-state index contributed by atoms with van der Waals surface area (Å²) in [6.45, 7) is 2.58. The van der Waals surface area contributed by atoms with Crippen molar-refractivity contribution in [2.45, 2.75) is 31.6 Å². The van der Waals surface area contributed by atoms with Crippen LogP contribution >= 0.6 is 0 Å². The molecule has 2 saturated carbocycles. The van der Waals surface area contributed by atoms with Crippen molar-refractivity contribution < 1.29 is 15.0 Å². The van der Waals surface area contributed by atoms with Crippen LogP contribution in [0.5, 0.6) is 0 Å². The molecule has 25 heavy (non-hydrogen) atoms. The molecule has 5 atom stereocenters. The van der Waals surface area contributed by atoms with Crippen LogP contribution in [-0.2, 0) is 4.79 Å². The molecule has 2 aliphatic rings. The number of aromatic nitrogens is 4. The molecule has 2 heterocycles. The van der Waals surface area contributed by atoms with Crippen LogP contribution in [0.25, 0.3) is 11.2 Å². The number of hydrogen-bond acceptors (Lipinski definition) is 8. The van der Waals surface area contributed by atoms with Gasteiger partial charge in [0.25, 0.3) is 0 Å². The van der Waals surface area contributed by atoms with Gasteiger partial charge in [0.15, 0.2) is 17.0 Å². The predicted octanol–water partition coefficient (Wildman–Crippen LogP) is -1.13. The second kappa shape index (κ2) is 5.27. The molecular formula is C15H21N7O3. The largest absolute Gasteiger partial charge is 0.389 e. The molecule has 0 saturated heterocycles. The third-order valence-corrected chi connectivity index (χ3v) is 5.43. The van der Waals surface area contributed by atoms with E-state index >= 15 is 0 Å². The number of rotatable bonds is 4. The number of nitrogens with two attached hydrogens (primary N) is 1. The number of hydrogen-bond donors (Lipinski definition) is 5. The number of aliphatic hydroxyl groups is 2. The highest BCUT2D eigenvalue weighted by Crippen LogP contribution is 2.67. The fourth-order valence-corrected chi connectivity index (χ4v) is 4.23. The normalized spacial score (nSPS) is 33.3. The number of imidazole rings is 1. The quantitative estimate of drug-likeness (QED) is 0.466. The van der Waals surface area contributed by atoms with Crippen LogP contribution in [0.2, 0.25) is 0 Å². The molecular weight excluding hydrogens is 326 g/mol. The van der Waals surface area contributed by atoms with Crippen molar-refractivity contribution in [3.63, 3.8) is 0 Å². The zero-order valence-electron chi connectivity index (χ0n) is 14.0. The Bertz CT molecular complexity index is 853. The van der Waals surface area contributed by atoms with Gasteiger partial charge in [-0.05, 0) is 13.3 Å². The molecule has 10 heteroatoms. The van der Waals surface area contributed by atoms with Gasteiger partial charge in [-0.3, -0.25) is 4.79 Å². The second-order valence-electron chi connectivity index (χ2n) is 6.64. The fourth-order valence-electron chi connectivity index (χ4n) is 4.23. The lowest BCUT2D eigenvalue weighted by Gasteiger charge is -2.23. The summed E-state index contributed by atoms with van der Waals surface area (Å²) in [6.07, 6.45) is -0.159. The van der Waals surface area contributed by atoms with Crippen molar-refractivity contribution in [3.05, 3.63) is 6.33 Å². The Morgan fingerprint density at radius 2 is 2.24 bits per heavy atom.